The average Bonchev–Trinajstić information content (AvgIpc) is 3.17. The summed E-state index contributed by atoms with van der Waals surface area (Å²) < 4.78 is 3.49. The van der Waals surface area contributed by atoms with E-state index in [1.54, 1.807) is 29.5 Å². The van der Waals surface area contributed by atoms with Gasteiger partial charge in [0.15, 0.2) is 0 Å². The van der Waals surface area contributed by atoms with Crippen molar-refractivity contribution in [2.45, 2.75) is 33.2 Å². The molecule has 1 N–H and O–H groups in total. The lowest BCUT2D eigenvalue weighted by molar-refractivity contribution is 0.440. The molecule has 3 heterocycles. The maximum atomic E-state index is 10.4. The molecule has 22 heavy (non-hydrogen) atoms. The van der Waals surface area contributed by atoms with Gasteiger partial charge in [-0.05, 0) is 12.8 Å². The summed E-state index contributed by atoms with van der Waals surface area (Å²) in [7, 11) is 0. The van der Waals surface area contributed by atoms with Crippen LogP contribution in [0.25, 0.3) is 17.2 Å². The van der Waals surface area contributed by atoms with Crippen molar-refractivity contribution in [3.63, 3.8) is 0 Å². The van der Waals surface area contributed by atoms with Crippen molar-refractivity contribution in [1.29, 1.82) is 0 Å². The van der Waals surface area contributed by atoms with Gasteiger partial charge in [0, 0.05) is 36.3 Å². The quantitative estimate of drug-likeness (QED) is 0.799. The molecule has 0 saturated heterocycles. The summed E-state index contributed by atoms with van der Waals surface area (Å²) in [6, 6.07) is 0. The fraction of sp³-hybridized carbons (Fsp3) is 0.333. The van der Waals surface area contributed by atoms with Crippen LogP contribution in [0.15, 0.2) is 31.1 Å². The van der Waals surface area contributed by atoms with E-state index in [1.165, 1.54) is 0 Å². The topological polar surface area (TPSA) is 81.7 Å². The van der Waals surface area contributed by atoms with Crippen molar-refractivity contribution < 1.29 is 5.11 Å². The molecule has 7 heteroatoms. The third-order valence-electron chi connectivity index (χ3n) is 3.46. The molecular weight excluding hydrogens is 280 g/mol. The van der Waals surface area contributed by atoms with E-state index in [0.717, 1.165) is 17.7 Å². The minimum absolute atomic E-state index is 0.00653. The third-order valence-corrected chi connectivity index (χ3v) is 3.46. The molecule has 0 bridgehead atoms. The summed E-state index contributed by atoms with van der Waals surface area (Å²) in [5.74, 6) is 0.475. The van der Waals surface area contributed by atoms with Crippen LogP contribution in [0.3, 0.4) is 0 Å². The first-order valence-electron chi connectivity index (χ1n) is 7.22. The Hall–Kier alpha value is -2.70. The van der Waals surface area contributed by atoms with Gasteiger partial charge in [-0.1, -0.05) is 13.8 Å². The molecule has 0 aliphatic carbocycles. The van der Waals surface area contributed by atoms with Gasteiger partial charge in [0.25, 0.3) is 0 Å². The highest BCUT2D eigenvalue weighted by Gasteiger charge is 2.20. The largest absolute Gasteiger partial charge is 0.493 e. The van der Waals surface area contributed by atoms with Crippen molar-refractivity contribution in [1.82, 2.24) is 29.3 Å². The standard InChI is InChI=1S/C15H18N6O/c1-4-21-8-11(7-17-21)13-12(10(2)3)14(22)19-15(18-13)20-6-5-16-9-20/h5-10H,4H2,1-3H3,(H,18,19,22). The molecule has 0 aliphatic heterocycles. The van der Waals surface area contributed by atoms with Gasteiger partial charge in [-0.2, -0.15) is 10.1 Å². The Labute approximate surface area is 128 Å². The van der Waals surface area contributed by atoms with Crippen molar-refractivity contribution in [3.05, 3.63) is 36.7 Å². The Morgan fingerprint density at radius 1 is 1.27 bits per heavy atom. The van der Waals surface area contributed by atoms with E-state index in [4.69, 9.17) is 0 Å². The van der Waals surface area contributed by atoms with Crippen LogP contribution in [0.4, 0.5) is 0 Å². The molecular formula is C15H18N6O. The lowest BCUT2D eigenvalue weighted by Gasteiger charge is -2.13. The highest BCUT2D eigenvalue weighted by Crippen LogP contribution is 2.33. The molecule has 0 spiro atoms. The zero-order valence-corrected chi connectivity index (χ0v) is 12.8. The van der Waals surface area contributed by atoms with Gasteiger partial charge in [0.1, 0.15) is 6.33 Å². The monoisotopic (exact) mass is 298 g/mol. The van der Waals surface area contributed by atoms with Gasteiger partial charge in [0.2, 0.25) is 11.8 Å². The minimum Gasteiger partial charge on any atom is -0.493 e. The third kappa shape index (κ3) is 2.45. The molecule has 3 aromatic heterocycles. The fourth-order valence-corrected chi connectivity index (χ4v) is 2.35. The van der Waals surface area contributed by atoms with Crippen molar-refractivity contribution in [3.8, 4) is 23.1 Å². The molecule has 0 fully saturated rings. The molecule has 0 amide bonds. The van der Waals surface area contributed by atoms with Crippen molar-refractivity contribution in [2.75, 3.05) is 0 Å². The van der Waals surface area contributed by atoms with Gasteiger partial charge in [-0.3, -0.25) is 9.25 Å². The van der Waals surface area contributed by atoms with Crippen LogP contribution < -0.4 is 0 Å². The normalized spacial score (nSPS) is 11.3. The van der Waals surface area contributed by atoms with E-state index in [9.17, 15) is 5.11 Å². The van der Waals surface area contributed by atoms with Crippen LogP contribution in [0.5, 0.6) is 5.88 Å². The molecule has 0 atom stereocenters. The summed E-state index contributed by atoms with van der Waals surface area (Å²) >= 11 is 0. The summed E-state index contributed by atoms with van der Waals surface area (Å²) in [5.41, 5.74) is 2.29. The lowest BCUT2D eigenvalue weighted by atomic mass is 9.99. The lowest BCUT2D eigenvalue weighted by Crippen LogP contribution is -2.05. The van der Waals surface area contributed by atoms with Crippen LogP contribution in [0, 0.1) is 0 Å². The second kappa shape index (κ2) is 5.59. The zero-order valence-electron chi connectivity index (χ0n) is 12.8. The van der Waals surface area contributed by atoms with Gasteiger partial charge < -0.3 is 5.11 Å². The number of aromatic nitrogens is 6. The second-order valence-corrected chi connectivity index (χ2v) is 5.32. The predicted molar refractivity (Wildman–Crippen MR) is 81.8 cm³/mol. The first-order valence-corrected chi connectivity index (χ1v) is 7.22. The highest BCUT2D eigenvalue weighted by molar-refractivity contribution is 5.65. The number of aromatic hydroxyl groups is 1. The van der Waals surface area contributed by atoms with E-state index in [2.05, 4.69) is 20.1 Å². The first-order chi connectivity index (χ1) is 10.6. The predicted octanol–water partition coefficient (Wildman–Crippen LogP) is 2.37. The van der Waals surface area contributed by atoms with Gasteiger partial charge in [-0.25, -0.2) is 9.97 Å². The maximum Gasteiger partial charge on any atom is 0.238 e. The Kier molecular flexibility index (Phi) is 3.62. The van der Waals surface area contributed by atoms with Crippen LogP contribution in [0.1, 0.15) is 32.3 Å². The van der Waals surface area contributed by atoms with Gasteiger partial charge >= 0.3 is 0 Å². The fourth-order valence-electron chi connectivity index (χ4n) is 2.35. The number of rotatable bonds is 4. The molecule has 3 aromatic rings. The Balaban J connectivity index is 2.20. The molecule has 3 rings (SSSR count). The average molecular weight is 298 g/mol. The second-order valence-electron chi connectivity index (χ2n) is 5.32. The Bertz CT molecular complexity index is 775. The molecule has 0 aromatic carbocycles. The Morgan fingerprint density at radius 3 is 2.68 bits per heavy atom. The number of nitrogens with zero attached hydrogens (tertiary/aromatic N) is 6. The number of hydrogen-bond donors (Lipinski definition) is 1. The van der Waals surface area contributed by atoms with E-state index in [1.807, 2.05) is 31.6 Å². The summed E-state index contributed by atoms with van der Waals surface area (Å²) in [6.07, 6.45) is 8.66. The van der Waals surface area contributed by atoms with E-state index in [-0.39, 0.29) is 11.8 Å². The first kappa shape index (κ1) is 14.2. The van der Waals surface area contributed by atoms with Crippen molar-refractivity contribution in [2.24, 2.45) is 0 Å². The van der Waals surface area contributed by atoms with E-state index < -0.39 is 0 Å². The van der Waals surface area contributed by atoms with Crippen molar-refractivity contribution >= 4 is 0 Å². The maximum absolute atomic E-state index is 10.4. The van der Waals surface area contributed by atoms with Crippen LogP contribution >= 0.6 is 0 Å². The molecule has 114 valence electrons. The number of aryl methyl sites for hydroxylation is 1. The smallest absolute Gasteiger partial charge is 0.238 e. The van der Waals surface area contributed by atoms with Crippen LogP contribution in [-0.4, -0.2) is 34.4 Å². The number of imidazole rings is 1. The summed E-state index contributed by atoms with van der Waals surface area (Å²) in [5, 5.41) is 14.6. The molecule has 0 saturated carbocycles. The summed E-state index contributed by atoms with van der Waals surface area (Å²) in [6.45, 7) is 6.81. The summed E-state index contributed by atoms with van der Waals surface area (Å²) in [4.78, 5) is 12.8. The molecule has 0 aliphatic rings. The minimum atomic E-state index is -0.00653. The number of hydrogen-bond acceptors (Lipinski definition) is 5. The van der Waals surface area contributed by atoms with Crippen LogP contribution in [-0.2, 0) is 6.54 Å². The molecule has 0 unspecified atom stereocenters. The molecule has 0 radical (unpaired) electrons. The Morgan fingerprint density at radius 2 is 2.09 bits per heavy atom. The van der Waals surface area contributed by atoms with Gasteiger partial charge in [-0.15, -0.1) is 0 Å². The highest BCUT2D eigenvalue weighted by atomic mass is 16.3. The van der Waals surface area contributed by atoms with Gasteiger partial charge in [0.05, 0.1) is 11.9 Å². The van der Waals surface area contributed by atoms with Crippen LogP contribution in [0.2, 0.25) is 0 Å². The zero-order chi connectivity index (χ0) is 15.7. The van der Waals surface area contributed by atoms with E-state index >= 15 is 0 Å². The van der Waals surface area contributed by atoms with E-state index in [0.29, 0.717) is 11.6 Å². The SMILES string of the molecule is CCn1cc(-c2nc(-n3ccnc3)nc(O)c2C(C)C)cn1. The molecule has 7 nitrogen and oxygen atoms in total.